The molecule has 41 heavy (non-hydrogen) atoms. The summed E-state index contributed by atoms with van der Waals surface area (Å²) in [4.78, 5) is 0. The summed E-state index contributed by atoms with van der Waals surface area (Å²) in [5.41, 5.74) is -1.98. The summed E-state index contributed by atoms with van der Waals surface area (Å²) >= 11 is 0. The smallest absolute Gasteiger partial charge is 0.371 e. The molecule has 0 bridgehead atoms. The number of hydrogen-bond donors (Lipinski definition) is 0. The Morgan fingerprint density at radius 3 is 0.829 bits per heavy atom. The van der Waals surface area contributed by atoms with Gasteiger partial charge in [0.15, 0.2) is 0 Å². The van der Waals surface area contributed by atoms with Crippen molar-refractivity contribution >= 4 is 17.6 Å². The van der Waals surface area contributed by atoms with E-state index in [2.05, 4.69) is 0 Å². The van der Waals surface area contributed by atoms with Crippen molar-refractivity contribution in [2.75, 3.05) is 0 Å². The third-order valence-electron chi connectivity index (χ3n) is 4.06. The average Bonchev–Trinajstić information content (AvgIpc) is 2.58. The molecule has 0 aromatic heterocycles. The fourth-order valence-electron chi connectivity index (χ4n) is 3.54. The Bertz CT molecular complexity index is 657. The molecule has 14 heteroatoms. The molecule has 0 saturated carbocycles. The Morgan fingerprint density at radius 2 is 0.659 bits per heavy atom. The van der Waals surface area contributed by atoms with Crippen molar-refractivity contribution in [1.82, 2.24) is 0 Å². The maximum absolute atomic E-state index is 12.7. The number of rotatable bonds is 13. The van der Waals surface area contributed by atoms with E-state index in [1.807, 2.05) is 0 Å². The fourth-order valence-corrected chi connectivity index (χ4v) is 10.6. The summed E-state index contributed by atoms with van der Waals surface area (Å²) in [5.74, 6) is 0. The van der Waals surface area contributed by atoms with Crippen molar-refractivity contribution in [3.63, 3.8) is 0 Å². The van der Waals surface area contributed by atoms with Crippen LogP contribution in [-0.4, -0.2) is 65.1 Å². The van der Waals surface area contributed by atoms with Crippen molar-refractivity contribution in [2.24, 2.45) is 0 Å². The zero-order chi connectivity index (χ0) is 33.3. The molecule has 0 atom stereocenters. The van der Waals surface area contributed by atoms with Gasteiger partial charge in [0.1, 0.15) is 0 Å². The number of halogens is 6. The molecule has 0 aliphatic heterocycles. The van der Waals surface area contributed by atoms with Gasteiger partial charge in [-0.2, -0.15) is 26.3 Å². The summed E-state index contributed by atoms with van der Waals surface area (Å²) in [6, 6.07) is -0.534. The first kappa shape index (κ1) is 42.9. The molecule has 0 aliphatic carbocycles. The topological polar surface area (TPSA) is 55.4 Å². The van der Waals surface area contributed by atoms with E-state index in [0.717, 1.165) is 0 Å². The highest BCUT2D eigenvalue weighted by Crippen LogP contribution is 2.36. The van der Waals surface area contributed by atoms with E-state index < -0.39 is 59.6 Å². The van der Waals surface area contributed by atoms with Crippen LogP contribution in [0.4, 0.5) is 26.3 Å². The van der Waals surface area contributed by atoms with Gasteiger partial charge >= 0.3 is 30.0 Å². The van der Waals surface area contributed by atoms with Gasteiger partial charge in [-0.05, 0) is 104 Å². The Kier molecular flexibility index (Phi) is 16.9. The lowest BCUT2D eigenvalue weighted by atomic mass is 10.2. The van der Waals surface area contributed by atoms with Gasteiger partial charge in [-0.25, -0.2) is 0 Å². The molecule has 0 radical (unpaired) electrons. The molecular formula is C27H56F6O6Si2. The minimum Gasteiger partial charge on any atom is -0.371 e. The fraction of sp³-hybridized carbons (Fsp3) is 1.00. The third-order valence-corrected chi connectivity index (χ3v) is 11.0. The number of alkyl halides is 6. The lowest BCUT2D eigenvalue weighted by Gasteiger charge is -2.43. The van der Waals surface area contributed by atoms with Crippen molar-refractivity contribution in [3.05, 3.63) is 0 Å². The predicted octanol–water partition coefficient (Wildman–Crippen LogP) is 9.48. The van der Waals surface area contributed by atoms with Gasteiger partial charge in [-0.3, -0.25) is 0 Å². The van der Waals surface area contributed by atoms with Gasteiger partial charge in [0, 0.05) is 43.2 Å². The van der Waals surface area contributed by atoms with Gasteiger partial charge in [0.25, 0.3) is 0 Å². The van der Waals surface area contributed by atoms with E-state index in [4.69, 9.17) is 26.6 Å². The maximum atomic E-state index is 12.7. The quantitative estimate of drug-likeness (QED) is 0.147. The monoisotopic (exact) mass is 646 g/mol. The van der Waals surface area contributed by atoms with Crippen LogP contribution in [0.1, 0.15) is 117 Å². The highest BCUT2D eigenvalue weighted by atomic mass is 28.4. The maximum Gasteiger partial charge on any atom is 0.502 e. The summed E-state index contributed by atoms with van der Waals surface area (Å²) in [7, 11) is -6.85. The molecule has 0 aromatic rings. The van der Waals surface area contributed by atoms with E-state index in [1.54, 1.807) is 104 Å². The molecule has 0 heterocycles. The zero-order valence-electron chi connectivity index (χ0n) is 27.8. The second kappa shape index (κ2) is 16.2. The molecule has 0 aromatic carbocycles. The third kappa shape index (κ3) is 25.9. The van der Waals surface area contributed by atoms with Crippen LogP contribution >= 0.6 is 0 Å². The van der Waals surface area contributed by atoms with Crippen LogP contribution in [0.5, 0.6) is 0 Å². The molecule has 0 N–H and O–H groups in total. The molecule has 0 saturated heterocycles. The van der Waals surface area contributed by atoms with Gasteiger partial charge in [0.05, 0.1) is 16.8 Å². The molecule has 0 unspecified atom stereocenters. The first-order valence-corrected chi connectivity index (χ1v) is 17.9. The largest absolute Gasteiger partial charge is 0.502 e. The minimum atomic E-state index is -4.28. The Labute approximate surface area is 246 Å². The van der Waals surface area contributed by atoms with Crippen molar-refractivity contribution in [2.45, 2.75) is 176 Å². The zero-order valence-corrected chi connectivity index (χ0v) is 29.8. The second-order valence-electron chi connectivity index (χ2n) is 13.7. The normalized spacial score (nSPS) is 14.6. The highest BCUT2D eigenvalue weighted by molar-refractivity contribution is 6.61. The van der Waals surface area contributed by atoms with E-state index in [1.165, 1.54) is 0 Å². The van der Waals surface area contributed by atoms with Crippen LogP contribution in [0.2, 0.25) is 12.1 Å². The van der Waals surface area contributed by atoms with Crippen LogP contribution in [0.3, 0.4) is 0 Å². The predicted molar refractivity (Wildman–Crippen MR) is 154 cm³/mol. The molecule has 0 fully saturated rings. The van der Waals surface area contributed by atoms with Crippen LogP contribution < -0.4 is 0 Å². The lowest BCUT2D eigenvalue weighted by Crippen LogP contribution is -2.57. The molecule has 6 nitrogen and oxygen atoms in total. The standard InChI is InChI=1S/C15H31F3O3Si.C12H25F3O3Si/c1-12(2,3)19-22(20-13(4,5)6,21-14(7,8)9)11-10-15(16,17)18;1-9(2)16-19(17-10(3)4,18-11(5)6)8-7-12(13,14)15/h10-11H2,1-9H3;9-11H,7-8H2,1-6H3. The van der Waals surface area contributed by atoms with Crippen molar-refractivity contribution in [3.8, 4) is 0 Å². The van der Waals surface area contributed by atoms with Gasteiger partial charge in [-0.1, -0.05) is 0 Å². The van der Waals surface area contributed by atoms with Crippen LogP contribution in [-0.2, 0) is 26.6 Å². The van der Waals surface area contributed by atoms with E-state index in [0.29, 0.717) is 0 Å². The molecule has 0 amide bonds. The Hall–Kier alpha value is -0.226. The van der Waals surface area contributed by atoms with E-state index >= 15 is 0 Å². The van der Waals surface area contributed by atoms with Gasteiger partial charge in [-0.15, -0.1) is 0 Å². The van der Waals surface area contributed by atoms with Gasteiger partial charge < -0.3 is 26.6 Å². The lowest BCUT2D eigenvalue weighted by molar-refractivity contribution is -0.138. The molecule has 0 spiro atoms. The SMILES string of the molecule is CC(C)(C)O[Si](CCC(F)(F)F)(OC(C)(C)C)OC(C)(C)C.CC(C)O[Si](CCC(F)(F)F)(OC(C)C)OC(C)C. The summed E-state index contributed by atoms with van der Waals surface area (Å²) < 4.78 is 110. The van der Waals surface area contributed by atoms with Crippen LogP contribution in [0.25, 0.3) is 0 Å². The Balaban J connectivity index is 0. The van der Waals surface area contributed by atoms with Gasteiger partial charge in [0.2, 0.25) is 0 Å². The summed E-state index contributed by atoms with van der Waals surface area (Å²) in [6.45, 7) is 26.7. The average molecular weight is 647 g/mol. The van der Waals surface area contributed by atoms with Crippen molar-refractivity contribution < 1.29 is 52.9 Å². The van der Waals surface area contributed by atoms with E-state index in [-0.39, 0.29) is 30.4 Å². The van der Waals surface area contributed by atoms with E-state index in [9.17, 15) is 26.3 Å². The molecule has 0 rings (SSSR count). The minimum absolute atomic E-state index is 0.239. The first-order valence-electron chi connectivity index (χ1n) is 14.1. The molecule has 0 aliphatic rings. The molecule has 250 valence electrons. The summed E-state index contributed by atoms with van der Waals surface area (Å²) in [6.07, 6.45) is -11.2. The van der Waals surface area contributed by atoms with Crippen molar-refractivity contribution in [1.29, 1.82) is 0 Å². The summed E-state index contributed by atoms with van der Waals surface area (Å²) in [5, 5.41) is 0. The van der Waals surface area contributed by atoms with Crippen LogP contribution in [0.15, 0.2) is 0 Å². The second-order valence-corrected chi connectivity index (χ2v) is 18.8. The first-order chi connectivity index (χ1) is 17.8. The highest BCUT2D eigenvalue weighted by Gasteiger charge is 2.52. The Morgan fingerprint density at radius 1 is 0.439 bits per heavy atom. The molecular weight excluding hydrogens is 590 g/mol. The number of hydrogen-bond acceptors (Lipinski definition) is 6. The van der Waals surface area contributed by atoms with Crippen LogP contribution in [0, 0.1) is 0 Å².